The van der Waals surface area contributed by atoms with Crippen LogP contribution in [0.1, 0.15) is 33.1 Å². The highest BCUT2D eigenvalue weighted by Crippen LogP contribution is 2.24. The minimum absolute atomic E-state index is 0.769. The van der Waals surface area contributed by atoms with Gasteiger partial charge in [0.2, 0.25) is 0 Å². The topological polar surface area (TPSA) is 21.8 Å². The summed E-state index contributed by atoms with van der Waals surface area (Å²) >= 11 is 0. The van der Waals surface area contributed by atoms with Crippen molar-refractivity contribution >= 4 is 0 Å². The second-order valence-corrected chi connectivity index (χ2v) is 7.80. The molecule has 0 amide bonds. The lowest BCUT2D eigenvalue weighted by Gasteiger charge is -2.46. The molecule has 1 N–H and O–H groups in total. The number of likely N-dealkylation sites (N-methyl/N-ethyl adjacent to an activating group) is 1. The average Bonchev–Trinajstić information content (AvgIpc) is 2.56. The highest BCUT2D eigenvalue weighted by atomic mass is 15.3. The summed E-state index contributed by atoms with van der Waals surface area (Å²) in [6.45, 7) is 17.4. The van der Waals surface area contributed by atoms with E-state index >= 15 is 0 Å². The molecule has 0 radical (unpaired) electrons. The summed E-state index contributed by atoms with van der Waals surface area (Å²) in [6.07, 6.45) is 4.21. The second-order valence-electron chi connectivity index (χ2n) is 7.80. The Hall–Kier alpha value is -0.160. The third-order valence-electron chi connectivity index (χ3n) is 6.15. The van der Waals surface area contributed by atoms with Crippen LogP contribution in [0, 0.1) is 11.8 Å². The summed E-state index contributed by atoms with van der Waals surface area (Å²) in [6, 6.07) is 0.769. The van der Waals surface area contributed by atoms with Crippen LogP contribution in [0.25, 0.3) is 0 Å². The van der Waals surface area contributed by atoms with Gasteiger partial charge in [-0.2, -0.15) is 0 Å². The number of likely N-dealkylation sites (tertiary alicyclic amines) is 1. The number of piperidine rings is 2. The van der Waals surface area contributed by atoms with Gasteiger partial charge in [-0.1, -0.05) is 13.8 Å². The molecule has 3 aliphatic rings. The van der Waals surface area contributed by atoms with Crippen LogP contribution in [-0.4, -0.2) is 86.2 Å². The van der Waals surface area contributed by atoms with E-state index in [1.165, 1.54) is 84.7 Å². The summed E-state index contributed by atoms with van der Waals surface area (Å²) in [7, 11) is 0. The first-order valence-corrected chi connectivity index (χ1v) is 9.65. The highest BCUT2D eigenvalue weighted by Gasteiger charge is 2.33. The molecule has 4 heteroatoms. The van der Waals surface area contributed by atoms with Crippen molar-refractivity contribution in [3.63, 3.8) is 0 Å². The molecule has 22 heavy (non-hydrogen) atoms. The van der Waals surface area contributed by atoms with Gasteiger partial charge in [0.15, 0.2) is 0 Å². The van der Waals surface area contributed by atoms with E-state index in [4.69, 9.17) is 0 Å². The van der Waals surface area contributed by atoms with Gasteiger partial charge in [0, 0.05) is 51.9 Å². The van der Waals surface area contributed by atoms with E-state index in [0.717, 1.165) is 17.9 Å². The second kappa shape index (κ2) is 8.09. The number of hydrogen-bond acceptors (Lipinski definition) is 4. The average molecular weight is 309 g/mol. The van der Waals surface area contributed by atoms with Crippen LogP contribution in [0.5, 0.6) is 0 Å². The predicted octanol–water partition coefficient (Wildman–Crippen LogP) is 1.33. The fraction of sp³-hybridized carbons (Fsp3) is 1.00. The zero-order valence-electron chi connectivity index (χ0n) is 14.8. The molecule has 0 bridgehead atoms. The van der Waals surface area contributed by atoms with E-state index in [-0.39, 0.29) is 0 Å². The van der Waals surface area contributed by atoms with Crippen molar-refractivity contribution in [3.05, 3.63) is 0 Å². The van der Waals surface area contributed by atoms with Crippen LogP contribution >= 0.6 is 0 Å². The molecule has 128 valence electrons. The molecular formula is C18H36N4. The first-order valence-electron chi connectivity index (χ1n) is 9.65. The lowest BCUT2D eigenvalue weighted by Crippen LogP contribution is -2.59. The number of nitrogens with one attached hydrogen (secondary N) is 1. The van der Waals surface area contributed by atoms with Crippen molar-refractivity contribution < 1.29 is 0 Å². The molecule has 3 rings (SSSR count). The molecule has 3 atom stereocenters. The lowest BCUT2D eigenvalue weighted by atomic mass is 9.89. The molecule has 0 aromatic rings. The lowest BCUT2D eigenvalue weighted by molar-refractivity contribution is 0.0387. The summed E-state index contributed by atoms with van der Waals surface area (Å²) in [5.41, 5.74) is 0. The van der Waals surface area contributed by atoms with Crippen molar-refractivity contribution in [3.8, 4) is 0 Å². The number of piperazine rings is 1. The third kappa shape index (κ3) is 4.22. The zero-order chi connectivity index (χ0) is 15.4. The van der Waals surface area contributed by atoms with E-state index in [2.05, 4.69) is 33.9 Å². The van der Waals surface area contributed by atoms with Crippen LogP contribution in [0.15, 0.2) is 0 Å². The molecule has 3 fully saturated rings. The Morgan fingerprint density at radius 1 is 1.00 bits per heavy atom. The summed E-state index contributed by atoms with van der Waals surface area (Å²) in [4.78, 5) is 8.14. The molecule has 0 aliphatic carbocycles. The van der Waals surface area contributed by atoms with Gasteiger partial charge >= 0.3 is 0 Å². The van der Waals surface area contributed by atoms with Gasteiger partial charge in [-0.3, -0.25) is 4.90 Å². The van der Waals surface area contributed by atoms with Gasteiger partial charge in [-0.15, -0.1) is 0 Å². The van der Waals surface area contributed by atoms with E-state index in [9.17, 15) is 0 Å². The molecule has 4 nitrogen and oxygen atoms in total. The first kappa shape index (κ1) is 16.7. The third-order valence-corrected chi connectivity index (χ3v) is 6.15. The molecule has 0 spiro atoms. The number of hydrogen-bond donors (Lipinski definition) is 1. The highest BCUT2D eigenvalue weighted by molar-refractivity contribution is 4.90. The normalized spacial score (nSPS) is 36.5. The minimum Gasteiger partial charge on any atom is -0.315 e. The Morgan fingerprint density at radius 2 is 1.82 bits per heavy atom. The van der Waals surface area contributed by atoms with Crippen LogP contribution in [0.3, 0.4) is 0 Å². The Morgan fingerprint density at radius 3 is 2.55 bits per heavy atom. The minimum atomic E-state index is 0.769. The molecule has 3 saturated heterocycles. The van der Waals surface area contributed by atoms with Gasteiger partial charge in [-0.25, -0.2) is 0 Å². The van der Waals surface area contributed by atoms with Crippen molar-refractivity contribution in [2.24, 2.45) is 11.8 Å². The molecular weight excluding hydrogens is 272 g/mol. The molecule has 3 heterocycles. The SMILES string of the molecule is CCN1CCN(C2CNCCC2CN2CCCC(C)C2)CC1. The maximum atomic E-state index is 3.66. The van der Waals surface area contributed by atoms with Crippen LogP contribution in [-0.2, 0) is 0 Å². The van der Waals surface area contributed by atoms with Gasteiger partial charge in [0.25, 0.3) is 0 Å². The largest absolute Gasteiger partial charge is 0.315 e. The van der Waals surface area contributed by atoms with Gasteiger partial charge in [-0.05, 0) is 50.7 Å². The smallest absolute Gasteiger partial charge is 0.0262 e. The molecule has 0 aromatic heterocycles. The summed E-state index contributed by atoms with van der Waals surface area (Å²) < 4.78 is 0. The number of nitrogens with zero attached hydrogens (tertiary/aromatic N) is 3. The maximum Gasteiger partial charge on any atom is 0.0262 e. The summed E-state index contributed by atoms with van der Waals surface area (Å²) in [5.74, 6) is 1.78. The Labute approximate surface area is 137 Å². The quantitative estimate of drug-likeness (QED) is 0.846. The van der Waals surface area contributed by atoms with Gasteiger partial charge in [0.1, 0.15) is 0 Å². The van der Waals surface area contributed by atoms with Crippen molar-refractivity contribution in [2.45, 2.75) is 39.2 Å². The van der Waals surface area contributed by atoms with E-state index in [1.54, 1.807) is 0 Å². The maximum absolute atomic E-state index is 3.66. The Kier molecular flexibility index (Phi) is 6.14. The van der Waals surface area contributed by atoms with Crippen molar-refractivity contribution in [1.82, 2.24) is 20.0 Å². The van der Waals surface area contributed by atoms with E-state index in [1.807, 2.05) is 0 Å². The molecule has 0 saturated carbocycles. The standard InChI is InChI=1S/C18H36N4/c1-3-20-9-11-22(12-10-20)18-13-19-7-6-17(18)15-21-8-4-5-16(2)14-21/h16-19H,3-15H2,1-2H3. The van der Waals surface area contributed by atoms with E-state index < -0.39 is 0 Å². The molecule has 3 unspecified atom stereocenters. The predicted molar refractivity (Wildman–Crippen MR) is 93.3 cm³/mol. The Balaban J connectivity index is 1.54. The van der Waals surface area contributed by atoms with Crippen LogP contribution in [0.2, 0.25) is 0 Å². The van der Waals surface area contributed by atoms with Gasteiger partial charge in [0.05, 0.1) is 0 Å². The summed E-state index contributed by atoms with van der Waals surface area (Å²) in [5, 5.41) is 3.66. The van der Waals surface area contributed by atoms with Crippen molar-refractivity contribution in [2.75, 3.05) is 65.4 Å². The Bertz CT molecular complexity index is 327. The molecule has 3 aliphatic heterocycles. The number of rotatable bonds is 4. The first-order chi connectivity index (χ1) is 10.8. The van der Waals surface area contributed by atoms with Crippen LogP contribution in [0.4, 0.5) is 0 Å². The fourth-order valence-electron chi connectivity index (χ4n) is 4.73. The van der Waals surface area contributed by atoms with E-state index in [0.29, 0.717) is 0 Å². The monoisotopic (exact) mass is 308 g/mol. The fourth-order valence-corrected chi connectivity index (χ4v) is 4.73. The zero-order valence-corrected chi connectivity index (χ0v) is 14.8. The van der Waals surface area contributed by atoms with Crippen LogP contribution < -0.4 is 5.32 Å². The molecule has 0 aromatic carbocycles. The van der Waals surface area contributed by atoms with Crippen molar-refractivity contribution in [1.29, 1.82) is 0 Å². The van der Waals surface area contributed by atoms with Gasteiger partial charge < -0.3 is 15.1 Å².